The van der Waals surface area contributed by atoms with E-state index in [1.165, 1.54) is 37.1 Å². The number of halogens is 1. The lowest BCUT2D eigenvalue weighted by atomic mass is 9.83. The molecule has 0 amide bonds. The Kier molecular flexibility index (Phi) is 4.22. The van der Waals surface area contributed by atoms with E-state index in [9.17, 15) is 0 Å². The molecule has 1 fully saturated rings. The summed E-state index contributed by atoms with van der Waals surface area (Å²) >= 11 is 7.86. The number of hydrogen-bond donors (Lipinski definition) is 1. The van der Waals surface area contributed by atoms with E-state index in [0.29, 0.717) is 0 Å². The molecule has 0 bridgehead atoms. The third-order valence-electron chi connectivity index (χ3n) is 3.35. The van der Waals surface area contributed by atoms with Gasteiger partial charge in [-0.05, 0) is 19.8 Å². The first-order chi connectivity index (χ1) is 7.74. The average molecular weight is 259 g/mol. The Balaban J connectivity index is 1.91. The van der Waals surface area contributed by atoms with Crippen LogP contribution in [-0.2, 0) is 6.54 Å². The molecule has 0 aliphatic heterocycles. The van der Waals surface area contributed by atoms with Gasteiger partial charge in [0.1, 0.15) is 5.01 Å². The lowest BCUT2D eigenvalue weighted by molar-refractivity contribution is 0.256. The maximum atomic E-state index is 6.13. The van der Waals surface area contributed by atoms with E-state index in [1.54, 1.807) is 11.3 Å². The van der Waals surface area contributed by atoms with Gasteiger partial charge in [0.25, 0.3) is 0 Å². The van der Waals surface area contributed by atoms with Crippen LogP contribution in [-0.4, -0.2) is 16.4 Å². The van der Waals surface area contributed by atoms with Crippen LogP contribution in [0.3, 0.4) is 0 Å². The number of hydrogen-bond acceptors (Lipinski definition) is 3. The fourth-order valence-electron chi connectivity index (χ4n) is 2.33. The largest absolute Gasteiger partial charge is 0.304 e. The highest BCUT2D eigenvalue weighted by Gasteiger charge is 2.30. The first-order valence-electron chi connectivity index (χ1n) is 5.96. The van der Waals surface area contributed by atoms with E-state index in [1.807, 2.05) is 6.92 Å². The molecule has 0 saturated heterocycles. The molecule has 0 unspecified atom stereocenters. The van der Waals surface area contributed by atoms with E-state index in [0.717, 1.165) is 18.1 Å². The van der Waals surface area contributed by atoms with Crippen LogP contribution in [0.15, 0.2) is 5.38 Å². The summed E-state index contributed by atoms with van der Waals surface area (Å²) in [4.78, 5) is 4.47. The Morgan fingerprint density at radius 2 is 2.19 bits per heavy atom. The van der Waals surface area contributed by atoms with E-state index in [4.69, 9.17) is 11.6 Å². The van der Waals surface area contributed by atoms with Crippen LogP contribution in [0.25, 0.3) is 0 Å². The molecule has 1 heterocycles. The first-order valence-corrected chi connectivity index (χ1v) is 7.37. The predicted molar refractivity (Wildman–Crippen MR) is 70.2 cm³/mol. The molecule has 1 aromatic heterocycles. The Bertz CT molecular complexity index is 332. The molecule has 1 aromatic rings. The van der Waals surface area contributed by atoms with Crippen molar-refractivity contribution in [3.8, 4) is 0 Å². The Labute approximate surface area is 106 Å². The van der Waals surface area contributed by atoms with Gasteiger partial charge in [-0.2, -0.15) is 0 Å². The van der Waals surface area contributed by atoms with Crippen molar-refractivity contribution in [3.63, 3.8) is 0 Å². The van der Waals surface area contributed by atoms with Crippen molar-refractivity contribution in [1.29, 1.82) is 0 Å². The molecule has 0 aromatic carbocycles. The van der Waals surface area contributed by atoms with Gasteiger partial charge >= 0.3 is 0 Å². The van der Waals surface area contributed by atoms with Crippen molar-refractivity contribution in [2.75, 3.05) is 5.88 Å². The van der Waals surface area contributed by atoms with Crippen molar-refractivity contribution in [2.45, 2.75) is 51.1 Å². The van der Waals surface area contributed by atoms with E-state index in [2.05, 4.69) is 15.7 Å². The van der Waals surface area contributed by atoms with Crippen molar-refractivity contribution < 1.29 is 0 Å². The van der Waals surface area contributed by atoms with E-state index < -0.39 is 0 Å². The van der Waals surface area contributed by atoms with Gasteiger partial charge in [0.2, 0.25) is 0 Å². The van der Waals surface area contributed by atoms with Crippen LogP contribution < -0.4 is 5.32 Å². The molecule has 1 N–H and O–H groups in total. The molecule has 1 aliphatic rings. The van der Waals surface area contributed by atoms with Gasteiger partial charge < -0.3 is 5.32 Å². The molecule has 90 valence electrons. The molecule has 16 heavy (non-hydrogen) atoms. The SMILES string of the molecule is Cc1csc(CNC2(CCl)CCCCC2)n1. The minimum atomic E-state index is 0.166. The van der Waals surface area contributed by atoms with Gasteiger partial charge in [-0.1, -0.05) is 19.3 Å². The van der Waals surface area contributed by atoms with Crippen LogP contribution in [0.2, 0.25) is 0 Å². The summed E-state index contributed by atoms with van der Waals surface area (Å²) in [6, 6.07) is 0. The third-order valence-corrected chi connectivity index (χ3v) is 4.83. The number of aromatic nitrogens is 1. The zero-order valence-electron chi connectivity index (χ0n) is 9.76. The first kappa shape index (κ1) is 12.3. The number of nitrogens with zero attached hydrogens (tertiary/aromatic N) is 1. The summed E-state index contributed by atoms with van der Waals surface area (Å²) in [6.45, 7) is 2.91. The van der Waals surface area contributed by atoms with Gasteiger partial charge in [-0.25, -0.2) is 4.98 Å². The van der Waals surface area contributed by atoms with Crippen molar-refractivity contribution in [3.05, 3.63) is 16.1 Å². The van der Waals surface area contributed by atoms with Crippen molar-refractivity contribution in [2.24, 2.45) is 0 Å². The molecule has 0 atom stereocenters. The quantitative estimate of drug-likeness (QED) is 0.837. The van der Waals surface area contributed by atoms with Gasteiger partial charge in [-0.15, -0.1) is 22.9 Å². The lowest BCUT2D eigenvalue weighted by Crippen LogP contribution is -2.48. The number of aryl methyl sites for hydroxylation is 1. The minimum absolute atomic E-state index is 0.166. The van der Waals surface area contributed by atoms with Crippen LogP contribution in [0, 0.1) is 6.92 Å². The monoisotopic (exact) mass is 258 g/mol. The number of rotatable bonds is 4. The standard InChI is InChI=1S/C12H19ClN2S/c1-10-8-16-11(15-10)7-14-12(9-13)5-3-2-4-6-12/h8,14H,2-7,9H2,1H3. The molecule has 2 rings (SSSR count). The number of thiazole rings is 1. The molecule has 1 aliphatic carbocycles. The zero-order chi connectivity index (χ0) is 11.4. The van der Waals surface area contributed by atoms with Gasteiger partial charge in [0.15, 0.2) is 0 Å². The predicted octanol–water partition coefficient (Wildman–Crippen LogP) is 3.48. The van der Waals surface area contributed by atoms with E-state index in [-0.39, 0.29) is 5.54 Å². The number of alkyl halides is 1. The highest BCUT2D eigenvalue weighted by molar-refractivity contribution is 7.09. The Morgan fingerprint density at radius 1 is 1.44 bits per heavy atom. The van der Waals surface area contributed by atoms with Gasteiger partial charge in [0.05, 0.1) is 0 Å². The van der Waals surface area contributed by atoms with Crippen LogP contribution in [0.1, 0.15) is 42.8 Å². The summed E-state index contributed by atoms with van der Waals surface area (Å²) < 4.78 is 0. The highest BCUT2D eigenvalue weighted by atomic mass is 35.5. The van der Waals surface area contributed by atoms with Gasteiger partial charge in [0, 0.05) is 29.0 Å². The lowest BCUT2D eigenvalue weighted by Gasteiger charge is -2.36. The Morgan fingerprint density at radius 3 is 2.75 bits per heavy atom. The molecule has 0 radical (unpaired) electrons. The molecule has 1 saturated carbocycles. The van der Waals surface area contributed by atoms with Crippen LogP contribution in [0.4, 0.5) is 0 Å². The number of nitrogens with one attached hydrogen (secondary N) is 1. The van der Waals surface area contributed by atoms with Crippen LogP contribution >= 0.6 is 22.9 Å². The molecule has 0 spiro atoms. The average Bonchev–Trinajstić information content (AvgIpc) is 2.74. The van der Waals surface area contributed by atoms with Crippen LogP contribution in [0.5, 0.6) is 0 Å². The molecular weight excluding hydrogens is 240 g/mol. The summed E-state index contributed by atoms with van der Waals surface area (Å²) in [6.07, 6.45) is 6.38. The summed E-state index contributed by atoms with van der Waals surface area (Å²) in [5, 5.41) is 6.91. The normalized spacial score (nSPS) is 19.9. The second kappa shape index (κ2) is 5.48. The molecular formula is C12H19ClN2S. The second-order valence-electron chi connectivity index (χ2n) is 4.71. The summed E-state index contributed by atoms with van der Waals surface area (Å²) in [5.74, 6) is 0.720. The zero-order valence-corrected chi connectivity index (χ0v) is 11.3. The smallest absolute Gasteiger partial charge is 0.107 e. The van der Waals surface area contributed by atoms with Crippen molar-refractivity contribution >= 4 is 22.9 Å². The summed E-state index contributed by atoms with van der Waals surface area (Å²) in [5.41, 5.74) is 1.28. The maximum absolute atomic E-state index is 6.13. The highest BCUT2D eigenvalue weighted by Crippen LogP contribution is 2.29. The fourth-order valence-corrected chi connectivity index (χ4v) is 3.41. The van der Waals surface area contributed by atoms with Crippen molar-refractivity contribution in [1.82, 2.24) is 10.3 Å². The second-order valence-corrected chi connectivity index (χ2v) is 5.92. The summed E-state index contributed by atoms with van der Waals surface area (Å²) in [7, 11) is 0. The molecule has 2 nitrogen and oxygen atoms in total. The molecule has 4 heteroatoms. The van der Waals surface area contributed by atoms with Gasteiger partial charge in [-0.3, -0.25) is 0 Å². The van der Waals surface area contributed by atoms with E-state index >= 15 is 0 Å². The fraction of sp³-hybridized carbons (Fsp3) is 0.750. The topological polar surface area (TPSA) is 24.9 Å². The maximum Gasteiger partial charge on any atom is 0.107 e. The minimum Gasteiger partial charge on any atom is -0.304 e. The third kappa shape index (κ3) is 2.96. The Hall–Kier alpha value is -0.120.